The molecule has 1 heterocycles. The van der Waals surface area contributed by atoms with Crippen molar-refractivity contribution in [2.24, 2.45) is 0 Å². The molecule has 0 aliphatic rings. The number of nitrogens with two attached hydrogens (primary N) is 1. The molecule has 0 saturated heterocycles. The van der Waals surface area contributed by atoms with Gasteiger partial charge in [-0.1, -0.05) is 72.8 Å². The molecular weight excluding hydrogens is 282 g/mol. The number of rotatable bonds is 3. The van der Waals surface area contributed by atoms with Crippen molar-refractivity contribution in [1.29, 1.82) is 0 Å². The van der Waals surface area contributed by atoms with Gasteiger partial charge in [-0.3, -0.25) is 4.57 Å². The molecule has 3 heteroatoms. The average Bonchev–Trinajstić information content (AvgIpc) is 2.94. The Hall–Kier alpha value is -3.07. The van der Waals surface area contributed by atoms with Crippen LogP contribution >= 0.6 is 0 Å². The topological polar surface area (TPSA) is 43.8 Å². The summed E-state index contributed by atoms with van der Waals surface area (Å²) in [6.45, 7) is 0. The summed E-state index contributed by atoms with van der Waals surface area (Å²) >= 11 is 0. The summed E-state index contributed by atoms with van der Waals surface area (Å²) < 4.78 is 2.11. The van der Waals surface area contributed by atoms with Crippen LogP contribution in [0.5, 0.6) is 0 Å². The summed E-state index contributed by atoms with van der Waals surface area (Å²) in [5, 5.41) is 0. The molecule has 0 atom stereocenters. The first-order valence-electron chi connectivity index (χ1n) is 7.67. The number of aromatic nitrogens is 2. The third kappa shape index (κ3) is 2.36. The predicted octanol–water partition coefficient (Wildman–Crippen LogP) is 4.26. The van der Waals surface area contributed by atoms with Gasteiger partial charge in [-0.2, -0.15) is 0 Å². The van der Waals surface area contributed by atoms with Gasteiger partial charge in [0.1, 0.15) is 0 Å². The van der Waals surface area contributed by atoms with Crippen LogP contribution in [0.3, 0.4) is 0 Å². The molecule has 0 aliphatic carbocycles. The fraction of sp³-hybridized carbons (Fsp3) is 0.0500. The average molecular weight is 299 g/mol. The van der Waals surface area contributed by atoms with Crippen LogP contribution in [0.25, 0.3) is 11.0 Å². The maximum absolute atomic E-state index is 6.28. The molecule has 0 fully saturated rings. The summed E-state index contributed by atoms with van der Waals surface area (Å²) in [6.07, 6.45) is 0. The van der Waals surface area contributed by atoms with Crippen molar-refractivity contribution in [2.45, 2.75) is 6.04 Å². The zero-order chi connectivity index (χ0) is 15.6. The van der Waals surface area contributed by atoms with E-state index in [-0.39, 0.29) is 6.04 Å². The second-order valence-electron chi connectivity index (χ2n) is 5.55. The molecule has 0 aliphatic heterocycles. The number of benzene rings is 3. The van der Waals surface area contributed by atoms with Crippen LogP contribution in [0.4, 0.5) is 5.95 Å². The highest BCUT2D eigenvalue weighted by Crippen LogP contribution is 2.32. The van der Waals surface area contributed by atoms with Crippen LogP contribution in [0.2, 0.25) is 0 Å². The summed E-state index contributed by atoms with van der Waals surface area (Å²) in [7, 11) is 0. The Morgan fingerprint density at radius 3 is 1.83 bits per heavy atom. The number of nitrogens with zero attached hydrogens (tertiary/aromatic N) is 2. The lowest BCUT2D eigenvalue weighted by molar-refractivity contribution is 0.708. The minimum absolute atomic E-state index is 0.00444. The molecule has 0 unspecified atom stereocenters. The van der Waals surface area contributed by atoms with Gasteiger partial charge in [-0.25, -0.2) is 4.98 Å². The largest absolute Gasteiger partial charge is 0.369 e. The Bertz CT molecular complexity index is 887. The molecule has 23 heavy (non-hydrogen) atoms. The van der Waals surface area contributed by atoms with Crippen molar-refractivity contribution in [3.8, 4) is 0 Å². The van der Waals surface area contributed by atoms with E-state index in [0.29, 0.717) is 5.95 Å². The number of anilines is 1. The number of hydrogen-bond donors (Lipinski definition) is 1. The van der Waals surface area contributed by atoms with Crippen molar-refractivity contribution in [3.63, 3.8) is 0 Å². The van der Waals surface area contributed by atoms with E-state index < -0.39 is 0 Å². The summed E-state index contributed by atoms with van der Waals surface area (Å²) in [5.74, 6) is 0.531. The molecule has 3 aromatic carbocycles. The molecule has 1 aromatic heterocycles. The van der Waals surface area contributed by atoms with Crippen molar-refractivity contribution in [2.75, 3.05) is 5.73 Å². The lowest BCUT2D eigenvalue weighted by atomic mass is 9.98. The first-order valence-corrected chi connectivity index (χ1v) is 7.67. The number of fused-ring (bicyclic) bond motifs is 1. The van der Waals surface area contributed by atoms with E-state index in [1.54, 1.807) is 0 Å². The van der Waals surface area contributed by atoms with Gasteiger partial charge in [0.15, 0.2) is 0 Å². The lowest BCUT2D eigenvalue weighted by Gasteiger charge is -2.22. The van der Waals surface area contributed by atoms with E-state index in [1.807, 2.05) is 30.3 Å². The third-order valence-corrected chi connectivity index (χ3v) is 4.11. The molecule has 0 bridgehead atoms. The Morgan fingerprint density at radius 2 is 1.22 bits per heavy atom. The summed E-state index contributed by atoms with van der Waals surface area (Å²) in [4.78, 5) is 4.53. The second kappa shape index (κ2) is 5.61. The molecule has 4 rings (SSSR count). The van der Waals surface area contributed by atoms with Gasteiger partial charge < -0.3 is 5.73 Å². The molecule has 0 amide bonds. The van der Waals surface area contributed by atoms with Gasteiger partial charge in [0, 0.05) is 0 Å². The van der Waals surface area contributed by atoms with Crippen molar-refractivity contribution in [3.05, 3.63) is 96.1 Å². The minimum Gasteiger partial charge on any atom is -0.369 e. The van der Waals surface area contributed by atoms with Crippen LogP contribution in [0, 0.1) is 0 Å². The Balaban J connectivity index is 2.00. The molecule has 0 saturated carbocycles. The van der Waals surface area contributed by atoms with Crippen molar-refractivity contribution < 1.29 is 0 Å². The van der Waals surface area contributed by atoms with Gasteiger partial charge in [0.2, 0.25) is 5.95 Å². The minimum atomic E-state index is 0.00444. The maximum Gasteiger partial charge on any atom is 0.202 e. The fourth-order valence-corrected chi connectivity index (χ4v) is 3.10. The molecular formula is C20H17N3. The zero-order valence-electron chi connectivity index (χ0n) is 12.6. The monoisotopic (exact) mass is 299 g/mol. The molecule has 4 aromatic rings. The summed E-state index contributed by atoms with van der Waals surface area (Å²) in [6, 6.07) is 28.9. The van der Waals surface area contributed by atoms with E-state index in [9.17, 15) is 0 Å². The van der Waals surface area contributed by atoms with Gasteiger partial charge >= 0.3 is 0 Å². The second-order valence-corrected chi connectivity index (χ2v) is 5.55. The Labute approximate surface area is 135 Å². The summed E-state index contributed by atoms with van der Waals surface area (Å²) in [5.41, 5.74) is 10.6. The molecule has 0 radical (unpaired) electrons. The Kier molecular flexibility index (Phi) is 3.31. The molecule has 2 N–H and O–H groups in total. The van der Waals surface area contributed by atoms with Crippen LogP contribution in [0.1, 0.15) is 17.2 Å². The van der Waals surface area contributed by atoms with E-state index in [2.05, 4.69) is 64.1 Å². The molecule has 0 spiro atoms. The first-order chi connectivity index (χ1) is 11.3. The highest BCUT2D eigenvalue weighted by atomic mass is 15.2. The van der Waals surface area contributed by atoms with Crippen molar-refractivity contribution >= 4 is 17.0 Å². The van der Waals surface area contributed by atoms with E-state index in [4.69, 9.17) is 5.73 Å². The number of imidazole rings is 1. The van der Waals surface area contributed by atoms with Crippen LogP contribution in [-0.4, -0.2) is 9.55 Å². The van der Waals surface area contributed by atoms with E-state index in [0.717, 1.165) is 11.0 Å². The van der Waals surface area contributed by atoms with Crippen molar-refractivity contribution in [1.82, 2.24) is 9.55 Å². The van der Waals surface area contributed by atoms with Crippen LogP contribution in [0.15, 0.2) is 84.9 Å². The Morgan fingerprint density at radius 1 is 0.696 bits per heavy atom. The van der Waals surface area contributed by atoms with E-state index >= 15 is 0 Å². The van der Waals surface area contributed by atoms with Gasteiger partial charge in [-0.05, 0) is 23.3 Å². The number of nitrogen functional groups attached to an aromatic ring is 1. The highest BCUT2D eigenvalue weighted by Gasteiger charge is 2.21. The number of hydrogen-bond acceptors (Lipinski definition) is 2. The smallest absolute Gasteiger partial charge is 0.202 e. The standard InChI is InChI=1S/C20H17N3/c21-20-22-17-13-7-8-14-18(17)23(20)19(15-9-3-1-4-10-15)16-11-5-2-6-12-16/h1-14,19H,(H2,21,22). The van der Waals surface area contributed by atoms with E-state index in [1.165, 1.54) is 11.1 Å². The highest BCUT2D eigenvalue weighted by molar-refractivity contribution is 5.79. The lowest BCUT2D eigenvalue weighted by Crippen LogP contribution is -2.14. The maximum atomic E-state index is 6.28. The van der Waals surface area contributed by atoms with Gasteiger partial charge in [-0.15, -0.1) is 0 Å². The van der Waals surface area contributed by atoms with Gasteiger partial charge in [0.05, 0.1) is 17.1 Å². The van der Waals surface area contributed by atoms with Crippen LogP contribution < -0.4 is 5.73 Å². The SMILES string of the molecule is Nc1nc2ccccc2n1C(c1ccccc1)c1ccccc1. The fourth-order valence-electron chi connectivity index (χ4n) is 3.10. The predicted molar refractivity (Wildman–Crippen MR) is 94.3 cm³/mol. The molecule has 112 valence electrons. The normalized spacial score (nSPS) is 11.2. The first kappa shape index (κ1) is 13.6. The third-order valence-electron chi connectivity index (χ3n) is 4.11. The quantitative estimate of drug-likeness (QED) is 0.614. The molecule has 3 nitrogen and oxygen atoms in total. The van der Waals surface area contributed by atoms with Gasteiger partial charge in [0.25, 0.3) is 0 Å². The van der Waals surface area contributed by atoms with Crippen LogP contribution in [-0.2, 0) is 0 Å². The number of para-hydroxylation sites is 2. The zero-order valence-corrected chi connectivity index (χ0v) is 12.6.